The number of aromatic nitrogens is 3. The van der Waals surface area contributed by atoms with E-state index in [2.05, 4.69) is 27.1 Å². The van der Waals surface area contributed by atoms with E-state index >= 15 is 0 Å². The summed E-state index contributed by atoms with van der Waals surface area (Å²) in [6.07, 6.45) is 19.2. The first-order chi connectivity index (χ1) is 16.3. The molecule has 4 rings (SSSR count). The third-order valence-electron chi connectivity index (χ3n) is 5.98. The maximum absolute atomic E-state index is 13.0. The van der Waals surface area contributed by atoms with Gasteiger partial charge in [-0.15, -0.1) is 0 Å². The second kappa shape index (κ2) is 12.0. The first-order valence-corrected chi connectivity index (χ1v) is 11.9. The van der Waals surface area contributed by atoms with Crippen molar-refractivity contribution < 1.29 is 9.53 Å². The van der Waals surface area contributed by atoms with Gasteiger partial charge >= 0.3 is 0 Å². The van der Waals surface area contributed by atoms with Crippen LogP contribution < -0.4 is 4.74 Å². The topological polar surface area (TPSA) is 71.1 Å². The van der Waals surface area contributed by atoms with Gasteiger partial charge in [-0.3, -0.25) is 9.78 Å². The number of hydrogen-bond donors (Lipinski definition) is 1. The number of hydrogen-bond acceptors (Lipinski definition) is 4. The van der Waals surface area contributed by atoms with Crippen LogP contribution in [0.15, 0.2) is 67.4 Å². The number of aromatic amines is 1. The van der Waals surface area contributed by atoms with Crippen molar-refractivity contribution in [1.29, 1.82) is 0 Å². The molecule has 1 aliphatic rings. The molecule has 6 heteroatoms. The van der Waals surface area contributed by atoms with Crippen LogP contribution in [0.4, 0.5) is 0 Å². The number of ether oxygens (including phenoxy) is 1. The van der Waals surface area contributed by atoms with Crippen LogP contribution >= 0.6 is 0 Å². The lowest BCUT2D eigenvalue weighted by Gasteiger charge is -2.23. The van der Waals surface area contributed by atoms with E-state index < -0.39 is 0 Å². The first-order valence-electron chi connectivity index (χ1n) is 11.9. The zero-order chi connectivity index (χ0) is 22.7. The Morgan fingerprint density at radius 3 is 2.42 bits per heavy atom. The predicted octanol–water partition coefficient (Wildman–Crippen LogP) is 5.54. The quantitative estimate of drug-likeness (QED) is 0.463. The number of H-pyrrole nitrogens is 1. The number of nitrogens with one attached hydrogen (secondary N) is 1. The molecule has 1 N–H and O–H groups in total. The number of benzene rings is 1. The van der Waals surface area contributed by atoms with E-state index in [0.717, 1.165) is 35.4 Å². The highest BCUT2D eigenvalue weighted by Gasteiger charge is 2.15. The van der Waals surface area contributed by atoms with Crippen molar-refractivity contribution in [2.75, 3.05) is 0 Å². The van der Waals surface area contributed by atoms with E-state index in [1.54, 1.807) is 37.1 Å². The zero-order valence-corrected chi connectivity index (χ0v) is 19.0. The summed E-state index contributed by atoms with van der Waals surface area (Å²) in [5.74, 6) is 0.844. The molecule has 0 saturated heterocycles. The maximum atomic E-state index is 13.0. The Labute approximate surface area is 195 Å². The molecule has 3 aromatic rings. The highest BCUT2D eigenvalue weighted by atomic mass is 16.5. The molecular formula is C27H32N4O2. The minimum Gasteiger partial charge on any atom is -0.490 e. The highest BCUT2D eigenvalue weighted by Crippen LogP contribution is 2.23. The molecule has 172 valence electrons. The SMILES string of the molecule is O=C(C=Cc1cnc[nH]1)N(Cc1ccc(OC2CCCCCCC2)cc1)Cc1cccnc1. The van der Waals surface area contributed by atoms with Gasteiger partial charge in [0.1, 0.15) is 5.75 Å². The van der Waals surface area contributed by atoms with Gasteiger partial charge in [-0.05, 0) is 61.1 Å². The Morgan fingerprint density at radius 1 is 0.970 bits per heavy atom. The molecule has 1 fully saturated rings. The number of rotatable bonds is 8. The van der Waals surface area contributed by atoms with Crippen molar-refractivity contribution in [3.8, 4) is 5.75 Å². The molecule has 6 nitrogen and oxygen atoms in total. The fraction of sp³-hybridized carbons (Fsp3) is 0.370. The van der Waals surface area contributed by atoms with Crippen LogP contribution in [0.1, 0.15) is 61.8 Å². The van der Waals surface area contributed by atoms with Crippen LogP contribution in [0, 0.1) is 0 Å². The third kappa shape index (κ3) is 7.31. The summed E-state index contributed by atoms with van der Waals surface area (Å²) in [6.45, 7) is 0.991. The van der Waals surface area contributed by atoms with Gasteiger partial charge in [0.25, 0.3) is 0 Å². The monoisotopic (exact) mass is 444 g/mol. The Kier molecular flexibility index (Phi) is 8.28. The van der Waals surface area contributed by atoms with Crippen molar-refractivity contribution >= 4 is 12.0 Å². The molecule has 1 aromatic carbocycles. The lowest BCUT2D eigenvalue weighted by molar-refractivity contribution is -0.127. The number of carbonyl (C=O) groups excluding carboxylic acids is 1. The van der Waals surface area contributed by atoms with Gasteiger partial charge in [-0.25, -0.2) is 4.98 Å². The summed E-state index contributed by atoms with van der Waals surface area (Å²) in [4.78, 5) is 26.0. The minimum atomic E-state index is -0.0664. The molecule has 0 spiro atoms. The van der Waals surface area contributed by atoms with Crippen LogP contribution in [0.5, 0.6) is 5.75 Å². The molecule has 33 heavy (non-hydrogen) atoms. The number of imidazole rings is 1. The van der Waals surface area contributed by atoms with Crippen LogP contribution in [0.25, 0.3) is 6.08 Å². The maximum Gasteiger partial charge on any atom is 0.247 e. The Hall–Kier alpha value is -3.41. The summed E-state index contributed by atoms with van der Waals surface area (Å²) >= 11 is 0. The van der Waals surface area contributed by atoms with Crippen molar-refractivity contribution in [2.45, 2.75) is 64.1 Å². The van der Waals surface area contributed by atoms with E-state index in [1.165, 1.54) is 32.1 Å². The second-order valence-corrected chi connectivity index (χ2v) is 8.62. The molecule has 0 aliphatic heterocycles. The van der Waals surface area contributed by atoms with Crippen molar-refractivity contribution in [3.05, 3.63) is 84.2 Å². The fourth-order valence-electron chi connectivity index (χ4n) is 4.17. The van der Waals surface area contributed by atoms with E-state index in [-0.39, 0.29) is 5.91 Å². The molecular weight excluding hydrogens is 412 g/mol. The van der Waals surface area contributed by atoms with Crippen molar-refractivity contribution in [3.63, 3.8) is 0 Å². The highest BCUT2D eigenvalue weighted by molar-refractivity contribution is 5.91. The number of nitrogens with zero attached hydrogens (tertiary/aromatic N) is 3. The number of amides is 1. The number of pyridine rings is 1. The van der Waals surface area contributed by atoms with Crippen molar-refractivity contribution in [2.24, 2.45) is 0 Å². The van der Waals surface area contributed by atoms with Gasteiger partial charge in [0.2, 0.25) is 5.91 Å². The predicted molar refractivity (Wildman–Crippen MR) is 129 cm³/mol. The molecule has 0 unspecified atom stereocenters. The molecule has 1 aliphatic carbocycles. The fourth-order valence-corrected chi connectivity index (χ4v) is 4.17. The summed E-state index contributed by atoms with van der Waals surface area (Å²) in [6, 6.07) is 12.0. The van der Waals surface area contributed by atoms with Crippen LogP contribution in [0.3, 0.4) is 0 Å². The Bertz CT molecular complexity index is 992. The van der Waals surface area contributed by atoms with Crippen LogP contribution in [-0.4, -0.2) is 31.9 Å². The number of carbonyl (C=O) groups is 1. The lowest BCUT2D eigenvalue weighted by Crippen LogP contribution is -2.28. The van der Waals surface area contributed by atoms with Gasteiger partial charge in [0.15, 0.2) is 0 Å². The van der Waals surface area contributed by atoms with E-state index in [0.29, 0.717) is 19.2 Å². The average molecular weight is 445 g/mol. The summed E-state index contributed by atoms with van der Waals surface area (Å²) in [5.41, 5.74) is 2.85. The second-order valence-electron chi connectivity index (χ2n) is 8.62. The van der Waals surface area contributed by atoms with Crippen molar-refractivity contribution in [1.82, 2.24) is 19.9 Å². The van der Waals surface area contributed by atoms with E-state index in [9.17, 15) is 4.79 Å². The van der Waals surface area contributed by atoms with Crippen LogP contribution in [-0.2, 0) is 17.9 Å². The lowest BCUT2D eigenvalue weighted by atomic mass is 9.98. The molecule has 0 bridgehead atoms. The molecule has 0 atom stereocenters. The molecule has 1 amide bonds. The van der Waals surface area contributed by atoms with Crippen LogP contribution in [0.2, 0.25) is 0 Å². The Balaban J connectivity index is 1.41. The third-order valence-corrected chi connectivity index (χ3v) is 5.98. The van der Waals surface area contributed by atoms with Gasteiger partial charge in [-0.1, -0.05) is 37.5 Å². The smallest absolute Gasteiger partial charge is 0.247 e. The molecule has 2 aromatic heterocycles. The molecule has 1 saturated carbocycles. The first kappa shape index (κ1) is 22.8. The normalized spacial score (nSPS) is 15.2. The van der Waals surface area contributed by atoms with Gasteiger partial charge in [-0.2, -0.15) is 0 Å². The Morgan fingerprint density at radius 2 is 1.73 bits per heavy atom. The summed E-state index contributed by atoms with van der Waals surface area (Å²) in [5, 5.41) is 0. The van der Waals surface area contributed by atoms with Gasteiger partial charge in [0, 0.05) is 31.6 Å². The minimum absolute atomic E-state index is 0.0664. The van der Waals surface area contributed by atoms with Gasteiger partial charge < -0.3 is 14.6 Å². The largest absolute Gasteiger partial charge is 0.490 e. The zero-order valence-electron chi connectivity index (χ0n) is 19.0. The molecule has 0 radical (unpaired) electrons. The molecule has 2 heterocycles. The standard InChI is InChI=1S/C27H32N4O2/c32-27(15-12-24-18-29-21-30-24)31(20-23-7-6-16-28-17-23)19-22-10-13-26(14-11-22)33-25-8-4-2-1-3-5-9-25/h6-7,10-18,21,25H,1-5,8-9,19-20H2,(H,29,30). The van der Waals surface area contributed by atoms with E-state index in [4.69, 9.17) is 4.74 Å². The summed E-state index contributed by atoms with van der Waals surface area (Å²) < 4.78 is 6.26. The average Bonchev–Trinajstić information content (AvgIpc) is 3.34. The van der Waals surface area contributed by atoms with Gasteiger partial charge in [0.05, 0.1) is 24.3 Å². The van der Waals surface area contributed by atoms with E-state index in [1.807, 2.05) is 29.2 Å². The summed E-state index contributed by atoms with van der Waals surface area (Å²) in [7, 11) is 0.